The minimum Gasteiger partial charge on any atom is -0.378 e. The van der Waals surface area contributed by atoms with E-state index in [-0.39, 0.29) is 11.9 Å². The molecule has 0 fully saturated rings. The summed E-state index contributed by atoms with van der Waals surface area (Å²) in [6.45, 7) is 0. The van der Waals surface area contributed by atoms with Crippen LogP contribution < -0.4 is 16.4 Å². The van der Waals surface area contributed by atoms with E-state index in [1.165, 1.54) is 0 Å². The second-order valence-electron chi connectivity index (χ2n) is 3.82. The van der Waals surface area contributed by atoms with Gasteiger partial charge in [-0.25, -0.2) is 0 Å². The van der Waals surface area contributed by atoms with Gasteiger partial charge in [-0.05, 0) is 12.1 Å². The fraction of sp³-hybridized carbons (Fsp3) is 0.182. The van der Waals surface area contributed by atoms with Crippen LogP contribution in [0.1, 0.15) is 0 Å². The summed E-state index contributed by atoms with van der Waals surface area (Å²) >= 11 is 0. The predicted molar refractivity (Wildman–Crippen MR) is 68.4 cm³/mol. The molecule has 1 aromatic carbocycles. The van der Waals surface area contributed by atoms with Crippen molar-refractivity contribution in [2.75, 3.05) is 30.5 Å². The maximum atomic E-state index is 5.54. The van der Waals surface area contributed by atoms with Crippen molar-refractivity contribution in [2.24, 2.45) is 0 Å². The van der Waals surface area contributed by atoms with Crippen LogP contribution in [0.5, 0.6) is 0 Å². The van der Waals surface area contributed by atoms with E-state index < -0.39 is 0 Å². The van der Waals surface area contributed by atoms with Gasteiger partial charge >= 0.3 is 0 Å². The van der Waals surface area contributed by atoms with Gasteiger partial charge in [0, 0.05) is 25.3 Å². The van der Waals surface area contributed by atoms with Gasteiger partial charge in [0.05, 0.1) is 0 Å². The molecule has 1 aromatic heterocycles. The molecule has 6 nitrogen and oxygen atoms in total. The number of benzene rings is 1. The molecule has 0 bridgehead atoms. The Bertz CT molecular complexity index is 517. The molecule has 2 rings (SSSR count). The first-order valence-electron chi connectivity index (χ1n) is 5.11. The molecule has 0 aliphatic heterocycles. The Labute approximate surface area is 99.3 Å². The van der Waals surface area contributed by atoms with E-state index in [1.807, 2.05) is 43.3 Å². The van der Waals surface area contributed by atoms with Gasteiger partial charge in [-0.3, -0.25) is 0 Å². The molecule has 4 N–H and O–H groups in total. The lowest BCUT2D eigenvalue weighted by Crippen LogP contribution is -2.09. The Morgan fingerprint density at radius 3 is 2.24 bits per heavy atom. The average molecular weight is 230 g/mol. The number of aromatic nitrogens is 3. The summed E-state index contributed by atoms with van der Waals surface area (Å²) in [6.07, 6.45) is 0. The third kappa shape index (κ3) is 2.41. The molecular formula is C11H14N6. The summed E-state index contributed by atoms with van der Waals surface area (Å²) in [7, 11) is 3.94. The average Bonchev–Trinajstić information content (AvgIpc) is 2.28. The van der Waals surface area contributed by atoms with Gasteiger partial charge in [-0.15, -0.1) is 0 Å². The third-order valence-corrected chi connectivity index (χ3v) is 2.29. The Morgan fingerprint density at radius 1 is 1.00 bits per heavy atom. The van der Waals surface area contributed by atoms with Crippen molar-refractivity contribution in [3.63, 3.8) is 0 Å². The first-order chi connectivity index (χ1) is 8.06. The molecule has 0 atom stereocenters. The van der Waals surface area contributed by atoms with Gasteiger partial charge in [0.25, 0.3) is 0 Å². The maximum absolute atomic E-state index is 5.54. The number of hydrogen-bond acceptors (Lipinski definition) is 6. The lowest BCUT2D eigenvalue weighted by atomic mass is 10.2. The normalized spacial score (nSPS) is 10.2. The van der Waals surface area contributed by atoms with Crippen LogP contribution in [0.4, 0.5) is 17.6 Å². The van der Waals surface area contributed by atoms with E-state index in [2.05, 4.69) is 15.0 Å². The third-order valence-electron chi connectivity index (χ3n) is 2.29. The Kier molecular flexibility index (Phi) is 2.78. The highest BCUT2D eigenvalue weighted by molar-refractivity contribution is 5.64. The monoisotopic (exact) mass is 230 g/mol. The van der Waals surface area contributed by atoms with Gasteiger partial charge < -0.3 is 16.4 Å². The van der Waals surface area contributed by atoms with Crippen LogP contribution in [0, 0.1) is 0 Å². The molecule has 0 amide bonds. The zero-order valence-electron chi connectivity index (χ0n) is 9.75. The Morgan fingerprint density at radius 2 is 1.65 bits per heavy atom. The molecule has 0 saturated carbocycles. The van der Waals surface area contributed by atoms with Crippen molar-refractivity contribution in [1.29, 1.82) is 0 Å². The van der Waals surface area contributed by atoms with Gasteiger partial charge in [0.15, 0.2) is 5.82 Å². The molecule has 17 heavy (non-hydrogen) atoms. The zero-order valence-corrected chi connectivity index (χ0v) is 9.75. The zero-order chi connectivity index (χ0) is 12.4. The second-order valence-corrected chi connectivity index (χ2v) is 3.82. The lowest BCUT2D eigenvalue weighted by molar-refractivity contribution is 1.08. The molecule has 1 heterocycles. The smallest absolute Gasteiger partial charge is 0.225 e. The van der Waals surface area contributed by atoms with E-state index >= 15 is 0 Å². The largest absolute Gasteiger partial charge is 0.378 e. The highest BCUT2D eigenvalue weighted by Gasteiger charge is 2.06. The maximum Gasteiger partial charge on any atom is 0.225 e. The van der Waals surface area contributed by atoms with E-state index in [9.17, 15) is 0 Å². The highest BCUT2D eigenvalue weighted by atomic mass is 15.1. The standard InChI is InChI=1S/C11H14N6/c1-17(2)8-5-3-4-7(6-8)9-14-10(12)16-11(13)15-9/h3-6H,1-2H3,(H4,12,13,14,15,16). The fourth-order valence-corrected chi connectivity index (χ4v) is 1.46. The number of hydrogen-bond donors (Lipinski definition) is 2. The minimum absolute atomic E-state index is 0.128. The number of nitrogens with zero attached hydrogens (tertiary/aromatic N) is 4. The van der Waals surface area contributed by atoms with Crippen LogP contribution in [0.25, 0.3) is 11.4 Å². The van der Waals surface area contributed by atoms with Gasteiger partial charge in [-0.2, -0.15) is 15.0 Å². The summed E-state index contributed by atoms with van der Waals surface area (Å²) in [5.74, 6) is 0.740. The van der Waals surface area contributed by atoms with Crippen molar-refractivity contribution in [2.45, 2.75) is 0 Å². The minimum atomic E-state index is 0.128. The molecule has 0 aliphatic carbocycles. The number of anilines is 3. The molecule has 0 spiro atoms. The van der Waals surface area contributed by atoms with E-state index in [0.717, 1.165) is 11.3 Å². The van der Waals surface area contributed by atoms with Crippen LogP contribution >= 0.6 is 0 Å². The van der Waals surface area contributed by atoms with Crippen molar-refractivity contribution >= 4 is 17.6 Å². The van der Waals surface area contributed by atoms with Gasteiger partial charge in [0.1, 0.15) is 0 Å². The summed E-state index contributed by atoms with van der Waals surface area (Å²) in [4.78, 5) is 13.9. The van der Waals surface area contributed by atoms with Crippen LogP contribution in [-0.4, -0.2) is 29.0 Å². The topological polar surface area (TPSA) is 94.0 Å². The molecule has 88 valence electrons. The van der Waals surface area contributed by atoms with Crippen molar-refractivity contribution in [3.05, 3.63) is 24.3 Å². The molecule has 0 saturated heterocycles. The second kappa shape index (κ2) is 4.25. The van der Waals surface area contributed by atoms with Crippen LogP contribution in [-0.2, 0) is 0 Å². The number of nitrogen functional groups attached to an aromatic ring is 2. The first kappa shape index (κ1) is 11.1. The number of nitrogens with two attached hydrogens (primary N) is 2. The molecule has 0 radical (unpaired) electrons. The Hall–Kier alpha value is -2.37. The van der Waals surface area contributed by atoms with E-state index in [0.29, 0.717) is 5.82 Å². The van der Waals surface area contributed by atoms with Crippen molar-refractivity contribution in [1.82, 2.24) is 15.0 Å². The van der Waals surface area contributed by atoms with Crippen molar-refractivity contribution in [3.8, 4) is 11.4 Å². The van der Waals surface area contributed by atoms with Gasteiger partial charge in [-0.1, -0.05) is 12.1 Å². The first-order valence-corrected chi connectivity index (χ1v) is 5.11. The summed E-state index contributed by atoms with van der Waals surface area (Å²) in [5, 5.41) is 0. The van der Waals surface area contributed by atoms with E-state index in [4.69, 9.17) is 11.5 Å². The quantitative estimate of drug-likeness (QED) is 0.791. The number of rotatable bonds is 2. The highest BCUT2D eigenvalue weighted by Crippen LogP contribution is 2.21. The van der Waals surface area contributed by atoms with Crippen LogP contribution in [0.3, 0.4) is 0 Å². The summed E-state index contributed by atoms with van der Waals surface area (Å²) in [6, 6.07) is 7.80. The molecule has 0 unspecified atom stereocenters. The van der Waals surface area contributed by atoms with E-state index in [1.54, 1.807) is 0 Å². The van der Waals surface area contributed by atoms with Crippen LogP contribution in [0.15, 0.2) is 24.3 Å². The summed E-state index contributed by atoms with van der Waals surface area (Å²) < 4.78 is 0. The van der Waals surface area contributed by atoms with Crippen molar-refractivity contribution < 1.29 is 0 Å². The molecule has 6 heteroatoms. The van der Waals surface area contributed by atoms with Crippen LogP contribution in [0.2, 0.25) is 0 Å². The molecule has 2 aromatic rings. The predicted octanol–water partition coefficient (Wildman–Crippen LogP) is 0.769. The molecule has 0 aliphatic rings. The lowest BCUT2D eigenvalue weighted by Gasteiger charge is -2.13. The van der Waals surface area contributed by atoms with Gasteiger partial charge in [0.2, 0.25) is 11.9 Å². The fourth-order valence-electron chi connectivity index (χ4n) is 1.46. The SMILES string of the molecule is CN(C)c1cccc(-c2nc(N)nc(N)n2)c1. The Balaban J connectivity index is 2.49. The summed E-state index contributed by atoms with van der Waals surface area (Å²) in [5.41, 5.74) is 13.0. The molecular weight excluding hydrogens is 216 g/mol.